The molecule has 2 aliphatic heterocycles. The summed E-state index contributed by atoms with van der Waals surface area (Å²) in [6.45, 7) is 0. The van der Waals surface area contributed by atoms with Gasteiger partial charge in [-0.3, -0.25) is 9.69 Å². The van der Waals surface area contributed by atoms with E-state index >= 15 is 0 Å². The van der Waals surface area contributed by atoms with Crippen LogP contribution in [0.1, 0.15) is 12.0 Å². The lowest BCUT2D eigenvalue weighted by Gasteiger charge is -2.33. The van der Waals surface area contributed by atoms with Crippen LogP contribution in [0.3, 0.4) is 0 Å². The molecule has 2 fully saturated rings. The van der Waals surface area contributed by atoms with Gasteiger partial charge in [-0.2, -0.15) is 0 Å². The number of hydrogen-bond acceptors (Lipinski definition) is 4. The summed E-state index contributed by atoms with van der Waals surface area (Å²) in [4.78, 5) is 24.3. The third-order valence-corrected chi connectivity index (χ3v) is 3.72. The third-order valence-electron chi connectivity index (χ3n) is 3.72. The van der Waals surface area contributed by atoms with Gasteiger partial charge < -0.3 is 9.47 Å². The number of nitrogens with zero attached hydrogens (tertiary/aromatic N) is 1. The average molecular weight is 349 g/mol. The Bertz CT molecular complexity index is 765. The SMILES string of the molecule is COC(=O)C1/C(=C/c2c(F)c(F)c(F)c(F)c2F)OC2CC(=O)N21. The molecule has 2 heterocycles. The fourth-order valence-corrected chi connectivity index (χ4v) is 2.51. The minimum Gasteiger partial charge on any atom is -0.471 e. The molecule has 0 N–H and O–H groups in total. The second-order valence-corrected chi connectivity index (χ2v) is 5.03. The van der Waals surface area contributed by atoms with Crippen LogP contribution < -0.4 is 0 Å². The van der Waals surface area contributed by atoms with Crippen LogP contribution in [0.15, 0.2) is 5.76 Å². The topological polar surface area (TPSA) is 55.8 Å². The monoisotopic (exact) mass is 349 g/mol. The van der Waals surface area contributed by atoms with Crippen LogP contribution >= 0.6 is 0 Å². The van der Waals surface area contributed by atoms with Gasteiger partial charge in [0, 0.05) is 0 Å². The fraction of sp³-hybridized carbons (Fsp3) is 0.286. The van der Waals surface area contributed by atoms with Crippen LogP contribution in [0.5, 0.6) is 0 Å². The zero-order valence-corrected chi connectivity index (χ0v) is 11.9. The predicted octanol–water partition coefficient (Wildman–Crippen LogP) is 1.85. The zero-order valence-electron chi connectivity index (χ0n) is 11.9. The Kier molecular flexibility index (Phi) is 3.69. The predicted molar refractivity (Wildman–Crippen MR) is 66.3 cm³/mol. The fourth-order valence-electron chi connectivity index (χ4n) is 2.51. The van der Waals surface area contributed by atoms with Gasteiger partial charge in [-0.25, -0.2) is 26.7 Å². The van der Waals surface area contributed by atoms with Crippen LogP contribution in [0, 0.1) is 29.1 Å². The number of amides is 1. The number of β-lactam (4-membered cyclic amide) rings is 1. The number of fused-ring (bicyclic) bond motifs is 1. The molecule has 0 radical (unpaired) electrons. The van der Waals surface area contributed by atoms with Crippen molar-refractivity contribution in [1.82, 2.24) is 4.90 Å². The molecule has 2 atom stereocenters. The van der Waals surface area contributed by atoms with Gasteiger partial charge in [0.1, 0.15) is 5.76 Å². The summed E-state index contributed by atoms with van der Waals surface area (Å²) in [5.41, 5.74) is -1.27. The Labute approximate surface area is 131 Å². The minimum atomic E-state index is -2.30. The van der Waals surface area contributed by atoms with E-state index in [1.54, 1.807) is 0 Å². The molecule has 2 aliphatic rings. The lowest BCUT2D eigenvalue weighted by atomic mass is 10.1. The lowest BCUT2D eigenvalue weighted by Crippen LogP contribution is -2.55. The Balaban J connectivity index is 2.11. The molecule has 0 spiro atoms. The molecule has 2 unspecified atom stereocenters. The van der Waals surface area contributed by atoms with Crippen molar-refractivity contribution in [2.24, 2.45) is 0 Å². The molecular formula is C14H8F5NO4. The third kappa shape index (κ3) is 2.13. The van der Waals surface area contributed by atoms with E-state index in [0.717, 1.165) is 12.0 Å². The Morgan fingerprint density at radius 3 is 2.17 bits per heavy atom. The van der Waals surface area contributed by atoms with Crippen LogP contribution in [-0.2, 0) is 19.1 Å². The van der Waals surface area contributed by atoms with Gasteiger partial charge in [-0.05, 0) is 6.08 Å². The highest BCUT2D eigenvalue weighted by molar-refractivity contribution is 5.92. The lowest BCUT2D eigenvalue weighted by molar-refractivity contribution is -0.164. The summed E-state index contributed by atoms with van der Waals surface area (Å²) < 4.78 is 76.7. The van der Waals surface area contributed by atoms with E-state index in [1.807, 2.05) is 0 Å². The Hall–Kier alpha value is -2.65. The number of methoxy groups -OCH3 is 1. The van der Waals surface area contributed by atoms with Gasteiger partial charge in [0.2, 0.25) is 11.7 Å². The van der Waals surface area contributed by atoms with Gasteiger partial charge in [-0.15, -0.1) is 0 Å². The van der Waals surface area contributed by atoms with E-state index in [9.17, 15) is 31.5 Å². The first-order valence-electron chi connectivity index (χ1n) is 6.56. The summed E-state index contributed by atoms with van der Waals surface area (Å²) in [5.74, 6) is -12.6. The Morgan fingerprint density at radius 2 is 1.67 bits per heavy atom. The normalized spacial score (nSPS) is 23.8. The highest BCUT2D eigenvalue weighted by Gasteiger charge is 2.54. The van der Waals surface area contributed by atoms with E-state index in [0.29, 0.717) is 6.08 Å². The number of halogens is 5. The summed E-state index contributed by atoms with van der Waals surface area (Å²) in [6, 6.07) is -1.45. The van der Waals surface area contributed by atoms with Crippen molar-refractivity contribution < 1.29 is 41.0 Å². The average Bonchev–Trinajstić information content (AvgIpc) is 2.86. The molecule has 0 bridgehead atoms. The first kappa shape index (κ1) is 16.2. The zero-order chi connectivity index (χ0) is 17.8. The second-order valence-electron chi connectivity index (χ2n) is 5.03. The molecule has 1 amide bonds. The number of hydrogen-bond donors (Lipinski definition) is 0. The minimum absolute atomic E-state index is 0.0814. The van der Waals surface area contributed by atoms with Crippen molar-refractivity contribution in [1.29, 1.82) is 0 Å². The van der Waals surface area contributed by atoms with E-state index in [4.69, 9.17) is 4.74 Å². The molecule has 3 rings (SSSR count). The van der Waals surface area contributed by atoms with Crippen LogP contribution in [0.4, 0.5) is 22.0 Å². The number of ether oxygens (including phenoxy) is 2. The number of carbonyl (C=O) groups is 2. The first-order valence-corrected chi connectivity index (χ1v) is 6.56. The van der Waals surface area contributed by atoms with Gasteiger partial charge in [-0.1, -0.05) is 0 Å². The standard InChI is InChI=1S/C14H8F5NO4/c1-23-14(22)13-5(24-7-3-6(21)20(7)13)2-4-8(15)10(17)12(19)11(18)9(4)16/h2,7,13H,3H2,1H3/b5-2-. The molecule has 0 aromatic heterocycles. The summed E-state index contributed by atoms with van der Waals surface area (Å²) in [7, 11) is 1.01. The van der Waals surface area contributed by atoms with Crippen LogP contribution in [-0.4, -0.2) is 36.2 Å². The number of carbonyl (C=O) groups excluding carboxylic acids is 2. The Morgan fingerprint density at radius 1 is 1.12 bits per heavy atom. The largest absolute Gasteiger partial charge is 0.471 e. The van der Waals surface area contributed by atoms with Gasteiger partial charge in [0.05, 0.1) is 19.1 Å². The molecule has 0 aliphatic carbocycles. The second kappa shape index (κ2) is 5.46. The number of rotatable bonds is 2. The van der Waals surface area contributed by atoms with Crippen LogP contribution in [0.25, 0.3) is 6.08 Å². The number of esters is 1. The molecule has 10 heteroatoms. The maximum Gasteiger partial charge on any atom is 0.336 e. The molecular weight excluding hydrogens is 341 g/mol. The van der Waals surface area contributed by atoms with Gasteiger partial charge in [0.25, 0.3) is 0 Å². The summed E-state index contributed by atoms with van der Waals surface area (Å²) in [5, 5.41) is 0. The quantitative estimate of drug-likeness (QED) is 0.269. The smallest absolute Gasteiger partial charge is 0.336 e. The van der Waals surface area contributed by atoms with Crippen LogP contribution in [0.2, 0.25) is 0 Å². The van der Waals surface area contributed by atoms with Crippen molar-refractivity contribution in [3.8, 4) is 0 Å². The molecule has 1 aromatic rings. The highest BCUT2D eigenvalue weighted by atomic mass is 19.2. The first-order chi connectivity index (χ1) is 11.3. The van der Waals surface area contributed by atoms with Crippen molar-refractivity contribution >= 4 is 18.0 Å². The van der Waals surface area contributed by atoms with Gasteiger partial charge in [0.15, 0.2) is 35.5 Å². The molecule has 2 saturated heterocycles. The number of benzene rings is 1. The van der Waals surface area contributed by atoms with Crippen molar-refractivity contribution in [2.45, 2.75) is 18.7 Å². The molecule has 0 saturated carbocycles. The van der Waals surface area contributed by atoms with Crippen molar-refractivity contribution in [3.63, 3.8) is 0 Å². The van der Waals surface area contributed by atoms with Gasteiger partial charge >= 0.3 is 5.97 Å². The summed E-state index contributed by atoms with van der Waals surface area (Å²) in [6.07, 6.45) is -0.431. The van der Waals surface area contributed by atoms with E-state index in [1.165, 1.54) is 0 Å². The van der Waals surface area contributed by atoms with E-state index in [2.05, 4.69) is 4.74 Å². The molecule has 1 aromatic carbocycles. The molecule has 24 heavy (non-hydrogen) atoms. The maximum absolute atomic E-state index is 13.7. The van der Waals surface area contributed by atoms with Crippen molar-refractivity contribution in [3.05, 3.63) is 40.4 Å². The van der Waals surface area contributed by atoms with Crippen molar-refractivity contribution in [2.75, 3.05) is 7.11 Å². The van der Waals surface area contributed by atoms with E-state index in [-0.39, 0.29) is 6.42 Å². The highest BCUT2D eigenvalue weighted by Crippen LogP contribution is 2.38. The summed E-state index contributed by atoms with van der Waals surface area (Å²) >= 11 is 0. The maximum atomic E-state index is 13.7. The molecule has 5 nitrogen and oxygen atoms in total. The van der Waals surface area contributed by atoms with E-state index < -0.39 is 64.6 Å². The molecule has 128 valence electrons.